The van der Waals surface area contributed by atoms with Gasteiger partial charge in [-0.25, -0.2) is 8.78 Å². The van der Waals surface area contributed by atoms with Crippen LogP contribution in [0.25, 0.3) is 0 Å². The second-order valence-electron chi connectivity index (χ2n) is 9.87. The zero-order valence-corrected chi connectivity index (χ0v) is 21.7. The Labute approximate surface area is 220 Å². The maximum Gasteiger partial charge on any atom is 0.227 e. The van der Waals surface area contributed by atoms with Gasteiger partial charge in [0.25, 0.3) is 0 Å². The van der Waals surface area contributed by atoms with Gasteiger partial charge in [-0.15, -0.1) is 11.3 Å². The van der Waals surface area contributed by atoms with Gasteiger partial charge in [-0.3, -0.25) is 14.5 Å². The summed E-state index contributed by atoms with van der Waals surface area (Å²) in [6.07, 6.45) is 1.53. The number of hydrogen-bond acceptors (Lipinski definition) is 4. The first-order chi connectivity index (χ1) is 17.9. The number of amides is 2. The van der Waals surface area contributed by atoms with Crippen LogP contribution >= 0.6 is 11.3 Å². The number of nitrogens with zero attached hydrogens (tertiary/aromatic N) is 3. The number of carbonyl (C=O) groups is 2. The van der Waals surface area contributed by atoms with Gasteiger partial charge in [-0.05, 0) is 65.7 Å². The van der Waals surface area contributed by atoms with Gasteiger partial charge >= 0.3 is 0 Å². The van der Waals surface area contributed by atoms with Crippen LogP contribution in [0.15, 0.2) is 60.0 Å². The number of fused-ring (bicyclic) bond motifs is 1. The molecule has 2 atom stereocenters. The zero-order chi connectivity index (χ0) is 25.9. The van der Waals surface area contributed by atoms with Gasteiger partial charge in [0.1, 0.15) is 11.6 Å². The first kappa shape index (κ1) is 25.5. The number of piperazine rings is 1. The van der Waals surface area contributed by atoms with E-state index in [1.807, 2.05) is 22.8 Å². The Hall–Kier alpha value is -3.10. The van der Waals surface area contributed by atoms with Gasteiger partial charge < -0.3 is 9.80 Å². The lowest BCUT2D eigenvalue weighted by molar-refractivity contribution is -0.142. The Balaban J connectivity index is 1.18. The molecule has 0 bridgehead atoms. The quantitative estimate of drug-likeness (QED) is 0.472. The van der Waals surface area contributed by atoms with E-state index in [-0.39, 0.29) is 42.0 Å². The highest BCUT2D eigenvalue weighted by atomic mass is 32.1. The Morgan fingerprint density at radius 2 is 1.78 bits per heavy atom. The van der Waals surface area contributed by atoms with Crippen molar-refractivity contribution in [2.24, 2.45) is 0 Å². The van der Waals surface area contributed by atoms with E-state index in [4.69, 9.17) is 0 Å². The minimum atomic E-state index is -0.320. The normalized spacial score (nSPS) is 20.1. The minimum absolute atomic E-state index is 0.0102. The average molecular weight is 524 g/mol. The predicted octanol–water partition coefficient (Wildman–Crippen LogP) is 4.67. The molecule has 1 fully saturated rings. The van der Waals surface area contributed by atoms with Crippen LogP contribution < -0.4 is 0 Å². The molecule has 0 spiro atoms. The molecule has 5 rings (SSSR count). The van der Waals surface area contributed by atoms with E-state index in [0.29, 0.717) is 32.6 Å². The highest BCUT2D eigenvalue weighted by Crippen LogP contribution is 2.38. The van der Waals surface area contributed by atoms with Crippen molar-refractivity contribution in [3.63, 3.8) is 0 Å². The summed E-state index contributed by atoms with van der Waals surface area (Å²) >= 11 is 1.74. The predicted molar refractivity (Wildman–Crippen MR) is 140 cm³/mol. The summed E-state index contributed by atoms with van der Waals surface area (Å²) < 4.78 is 27.2. The van der Waals surface area contributed by atoms with Crippen molar-refractivity contribution < 1.29 is 18.4 Å². The minimum Gasteiger partial charge on any atom is -0.339 e. The Kier molecular flexibility index (Phi) is 7.67. The third-order valence-corrected chi connectivity index (χ3v) is 8.41. The van der Waals surface area contributed by atoms with Crippen molar-refractivity contribution in [3.05, 3.63) is 93.2 Å². The fourth-order valence-corrected chi connectivity index (χ4v) is 6.41. The molecule has 2 aromatic carbocycles. The van der Waals surface area contributed by atoms with Crippen LogP contribution in [0.1, 0.15) is 41.0 Å². The van der Waals surface area contributed by atoms with Crippen LogP contribution in [-0.4, -0.2) is 65.3 Å². The van der Waals surface area contributed by atoms with Crippen LogP contribution in [0.2, 0.25) is 0 Å². The van der Waals surface area contributed by atoms with Crippen molar-refractivity contribution in [1.82, 2.24) is 14.7 Å². The summed E-state index contributed by atoms with van der Waals surface area (Å²) in [5, 5.41) is 2.09. The van der Waals surface area contributed by atoms with E-state index in [1.165, 1.54) is 28.6 Å². The Morgan fingerprint density at radius 1 is 0.973 bits per heavy atom. The maximum absolute atomic E-state index is 14.1. The molecule has 0 saturated carbocycles. The van der Waals surface area contributed by atoms with E-state index in [9.17, 15) is 18.4 Å². The van der Waals surface area contributed by atoms with Crippen molar-refractivity contribution >= 4 is 23.2 Å². The molecule has 194 valence electrons. The number of rotatable bonds is 6. The molecule has 37 heavy (non-hydrogen) atoms. The van der Waals surface area contributed by atoms with Gasteiger partial charge in [0.15, 0.2) is 0 Å². The first-order valence-electron chi connectivity index (χ1n) is 12.8. The van der Waals surface area contributed by atoms with Crippen LogP contribution in [0.3, 0.4) is 0 Å². The molecule has 0 unspecified atom stereocenters. The summed E-state index contributed by atoms with van der Waals surface area (Å²) in [6, 6.07) is 14.7. The second kappa shape index (κ2) is 11.1. The summed E-state index contributed by atoms with van der Waals surface area (Å²) in [5.74, 6) is -0.508. The zero-order valence-electron chi connectivity index (χ0n) is 20.9. The Bertz CT molecular complexity index is 1260. The molecular formula is C29H31F2N3O2S. The summed E-state index contributed by atoms with van der Waals surface area (Å²) in [7, 11) is 0. The van der Waals surface area contributed by atoms with Gasteiger partial charge in [0, 0.05) is 50.1 Å². The number of benzene rings is 2. The number of carbonyl (C=O) groups excluding carboxylic acids is 2. The lowest BCUT2D eigenvalue weighted by atomic mass is 9.93. The van der Waals surface area contributed by atoms with Crippen molar-refractivity contribution in [1.29, 1.82) is 0 Å². The fourth-order valence-electron chi connectivity index (χ4n) is 5.51. The third kappa shape index (κ3) is 5.75. The highest BCUT2D eigenvalue weighted by molar-refractivity contribution is 7.10. The molecule has 0 N–H and O–H groups in total. The second-order valence-corrected chi connectivity index (χ2v) is 10.9. The molecule has 2 amide bonds. The van der Waals surface area contributed by atoms with Gasteiger partial charge in [0.2, 0.25) is 11.8 Å². The van der Waals surface area contributed by atoms with Crippen molar-refractivity contribution in [3.8, 4) is 0 Å². The van der Waals surface area contributed by atoms with Crippen molar-refractivity contribution in [2.45, 2.75) is 38.3 Å². The van der Waals surface area contributed by atoms with Gasteiger partial charge in [-0.1, -0.05) is 24.3 Å². The summed E-state index contributed by atoms with van der Waals surface area (Å²) in [6.45, 7) is 4.86. The molecule has 1 aromatic heterocycles. The SMILES string of the molecule is C[C@H]1CN(C(=O)CCN2CCc3sccc3[C@@H]2c2cccc(F)c2)CCN1C(=O)Cc1ccc(F)cc1. The monoisotopic (exact) mass is 523 g/mol. The summed E-state index contributed by atoms with van der Waals surface area (Å²) in [4.78, 5) is 33.3. The van der Waals surface area contributed by atoms with Crippen LogP contribution in [0, 0.1) is 11.6 Å². The molecule has 0 aliphatic carbocycles. The largest absolute Gasteiger partial charge is 0.339 e. The third-order valence-electron chi connectivity index (χ3n) is 7.41. The molecule has 5 nitrogen and oxygen atoms in total. The van der Waals surface area contributed by atoms with Crippen LogP contribution in [0.5, 0.6) is 0 Å². The lowest BCUT2D eigenvalue weighted by Crippen LogP contribution is -2.56. The number of thiophene rings is 1. The highest BCUT2D eigenvalue weighted by Gasteiger charge is 2.32. The molecule has 0 radical (unpaired) electrons. The van der Waals surface area contributed by atoms with Crippen molar-refractivity contribution in [2.75, 3.05) is 32.7 Å². The topological polar surface area (TPSA) is 43.9 Å². The van der Waals surface area contributed by atoms with Gasteiger partial charge in [-0.2, -0.15) is 0 Å². The van der Waals surface area contributed by atoms with Crippen LogP contribution in [-0.2, 0) is 22.4 Å². The number of hydrogen-bond donors (Lipinski definition) is 0. The van der Waals surface area contributed by atoms with Crippen LogP contribution in [0.4, 0.5) is 8.78 Å². The van der Waals surface area contributed by atoms with E-state index in [1.54, 1.807) is 35.6 Å². The van der Waals surface area contributed by atoms with Gasteiger partial charge in [0.05, 0.1) is 12.5 Å². The molecule has 1 saturated heterocycles. The molecule has 2 aliphatic heterocycles. The van der Waals surface area contributed by atoms with E-state index < -0.39 is 0 Å². The Morgan fingerprint density at radius 3 is 2.54 bits per heavy atom. The lowest BCUT2D eigenvalue weighted by Gasteiger charge is -2.41. The van der Waals surface area contributed by atoms with E-state index in [2.05, 4.69) is 16.3 Å². The smallest absolute Gasteiger partial charge is 0.227 e. The average Bonchev–Trinajstić information content (AvgIpc) is 3.37. The molecule has 8 heteroatoms. The van der Waals surface area contributed by atoms with E-state index >= 15 is 0 Å². The molecular weight excluding hydrogens is 492 g/mol. The standard InChI is InChI=1S/C29H31F2N3O2S/c1-20-19-33(14-15-34(20)28(36)17-21-5-7-23(30)8-6-21)27(35)10-13-32-12-9-26-25(11-16-37-26)29(32)22-3-2-4-24(31)18-22/h2-8,11,16,18,20,29H,9-10,12-15,17,19H2,1H3/t20-,29-/m0/s1. The maximum atomic E-state index is 14.1. The molecule has 3 aromatic rings. The molecule has 2 aliphatic rings. The first-order valence-corrected chi connectivity index (χ1v) is 13.6. The number of halogens is 2. The van der Waals surface area contributed by atoms with E-state index in [0.717, 1.165) is 24.1 Å². The summed E-state index contributed by atoms with van der Waals surface area (Å²) in [5.41, 5.74) is 2.89. The molecule has 3 heterocycles. The fraction of sp³-hybridized carbons (Fsp3) is 0.379.